The van der Waals surface area contributed by atoms with Crippen molar-refractivity contribution in [3.05, 3.63) is 23.8 Å². The van der Waals surface area contributed by atoms with Crippen LogP contribution in [0.2, 0.25) is 0 Å². The van der Waals surface area contributed by atoms with Crippen LogP contribution in [0.15, 0.2) is 18.2 Å². The number of likely N-dealkylation sites (tertiary alicyclic amines) is 1. The fraction of sp³-hybridized carbons (Fsp3) is 0.467. The van der Waals surface area contributed by atoms with E-state index in [1.165, 1.54) is 0 Å². The molecule has 1 aromatic rings. The Hall–Kier alpha value is -2.08. The Morgan fingerprint density at radius 3 is 2.62 bits per heavy atom. The first kappa shape index (κ1) is 15.3. The van der Waals surface area contributed by atoms with Crippen molar-refractivity contribution in [2.45, 2.75) is 25.8 Å². The largest absolute Gasteiger partial charge is 0.504 e. The van der Waals surface area contributed by atoms with E-state index in [1.807, 2.05) is 0 Å². The van der Waals surface area contributed by atoms with Gasteiger partial charge in [-0.1, -0.05) is 12.1 Å². The van der Waals surface area contributed by atoms with Gasteiger partial charge in [-0.25, -0.2) is 0 Å². The summed E-state index contributed by atoms with van der Waals surface area (Å²) in [6.45, 7) is 2.94. The lowest BCUT2D eigenvalue weighted by molar-refractivity contribution is -0.145. The van der Waals surface area contributed by atoms with Gasteiger partial charge in [-0.05, 0) is 13.0 Å². The Balaban J connectivity index is 2.32. The number of carbonyl (C=O) groups is 2. The minimum atomic E-state index is -1.05. The standard InChI is InChI=1S/C15H19NO5/c1-2-21-12-5-3-4-11(14(12)18)13(15(19)20)16-8-6-10(17)7-9-16/h3-5,13,18H,2,6-9H2,1H3,(H,19,20). The van der Waals surface area contributed by atoms with Gasteiger partial charge in [0.25, 0.3) is 0 Å². The summed E-state index contributed by atoms with van der Waals surface area (Å²) >= 11 is 0. The van der Waals surface area contributed by atoms with Gasteiger partial charge in [0.05, 0.1) is 6.61 Å². The number of para-hydroxylation sites is 1. The van der Waals surface area contributed by atoms with Gasteiger partial charge in [0.2, 0.25) is 0 Å². The van der Waals surface area contributed by atoms with Crippen molar-refractivity contribution < 1.29 is 24.5 Å². The van der Waals surface area contributed by atoms with Crippen molar-refractivity contribution in [1.29, 1.82) is 0 Å². The van der Waals surface area contributed by atoms with Crippen LogP contribution in [-0.4, -0.2) is 46.6 Å². The fourth-order valence-electron chi connectivity index (χ4n) is 2.55. The number of phenols is 1. The number of carbonyl (C=O) groups excluding carboxylic acids is 1. The predicted molar refractivity (Wildman–Crippen MR) is 75.5 cm³/mol. The SMILES string of the molecule is CCOc1cccc(C(C(=O)O)N2CCC(=O)CC2)c1O. The number of carboxylic acids is 1. The van der Waals surface area contributed by atoms with Crippen LogP contribution in [0.1, 0.15) is 31.4 Å². The first-order chi connectivity index (χ1) is 10.0. The van der Waals surface area contributed by atoms with Crippen LogP contribution in [0.25, 0.3) is 0 Å². The third-order valence-corrected chi connectivity index (χ3v) is 3.58. The lowest BCUT2D eigenvalue weighted by Gasteiger charge is -2.32. The molecule has 2 rings (SSSR count). The molecule has 2 N–H and O–H groups in total. The van der Waals surface area contributed by atoms with Gasteiger partial charge in [0, 0.05) is 31.5 Å². The van der Waals surface area contributed by atoms with E-state index in [0.717, 1.165) is 0 Å². The summed E-state index contributed by atoms with van der Waals surface area (Å²) in [5, 5.41) is 19.8. The van der Waals surface area contributed by atoms with E-state index in [2.05, 4.69) is 0 Å². The van der Waals surface area contributed by atoms with Crippen molar-refractivity contribution in [3.63, 3.8) is 0 Å². The number of ketones is 1. The Kier molecular flexibility index (Phi) is 4.80. The second-order valence-corrected chi connectivity index (χ2v) is 4.94. The van der Waals surface area contributed by atoms with Gasteiger partial charge in [-0.15, -0.1) is 0 Å². The number of hydrogen-bond donors (Lipinski definition) is 2. The summed E-state index contributed by atoms with van der Waals surface area (Å²) in [5.41, 5.74) is 0.294. The van der Waals surface area contributed by atoms with Crippen molar-refractivity contribution in [1.82, 2.24) is 4.90 Å². The lowest BCUT2D eigenvalue weighted by atomic mass is 10.00. The molecule has 1 aromatic carbocycles. The minimum Gasteiger partial charge on any atom is -0.504 e. The summed E-state index contributed by atoms with van der Waals surface area (Å²) in [6, 6.07) is 3.86. The molecular weight excluding hydrogens is 274 g/mol. The molecule has 0 aromatic heterocycles. The Labute approximate surface area is 122 Å². The smallest absolute Gasteiger partial charge is 0.325 e. The van der Waals surface area contributed by atoms with Gasteiger partial charge in [-0.2, -0.15) is 0 Å². The fourth-order valence-corrected chi connectivity index (χ4v) is 2.55. The molecule has 21 heavy (non-hydrogen) atoms. The molecule has 0 radical (unpaired) electrons. The molecule has 0 bridgehead atoms. The second kappa shape index (κ2) is 6.58. The summed E-state index contributed by atoms with van der Waals surface area (Å²) in [7, 11) is 0. The number of piperidine rings is 1. The van der Waals surface area contributed by atoms with Gasteiger partial charge in [0.15, 0.2) is 11.5 Å². The number of phenolic OH excluding ortho intramolecular Hbond substituents is 1. The van der Waals surface area contributed by atoms with E-state index < -0.39 is 12.0 Å². The third-order valence-electron chi connectivity index (χ3n) is 3.58. The number of carboxylic acid groups (broad SMARTS) is 1. The van der Waals surface area contributed by atoms with Crippen LogP contribution in [0.4, 0.5) is 0 Å². The molecule has 0 aliphatic carbocycles. The molecule has 1 aliphatic heterocycles. The summed E-state index contributed by atoms with van der Waals surface area (Å²) in [5.74, 6) is -0.783. The lowest BCUT2D eigenvalue weighted by Crippen LogP contribution is -2.40. The predicted octanol–water partition coefficient (Wildman–Crippen LogP) is 1.58. The van der Waals surface area contributed by atoms with Crippen LogP contribution in [0, 0.1) is 0 Å². The Morgan fingerprint density at radius 2 is 2.05 bits per heavy atom. The molecule has 0 spiro atoms. The van der Waals surface area contributed by atoms with E-state index in [0.29, 0.717) is 38.1 Å². The zero-order valence-electron chi connectivity index (χ0n) is 11.9. The maximum absolute atomic E-state index is 11.6. The molecule has 1 fully saturated rings. The van der Waals surface area contributed by atoms with Gasteiger partial charge < -0.3 is 14.9 Å². The van der Waals surface area contributed by atoms with E-state index in [1.54, 1.807) is 30.0 Å². The molecular formula is C15H19NO5. The summed E-state index contributed by atoms with van der Waals surface area (Å²) in [6.07, 6.45) is 0.686. The van der Waals surface area contributed by atoms with Gasteiger partial charge in [-0.3, -0.25) is 14.5 Å². The molecule has 1 atom stereocenters. The highest BCUT2D eigenvalue weighted by Crippen LogP contribution is 2.37. The normalized spacial score (nSPS) is 17.5. The van der Waals surface area contributed by atoms with Crippen LogP contribution in [-0.2, 0) is 9.59 Å². The zero-order chi connectivity index (χ0) is 15.4. The monoisotopic (exact) mass is 293 g/mol. The van der Waals surface area contributed by atoms with Crippen LogP contribution in [0.3, 0.4) is 0 Å². The van der Waals surface area contributed by atoms with Gasteiger partial charge in [0.1, 0.15) is 11.8 Å². The molecule has 1 saturated heterocycles. The zero-order valence-corrected chi connectivity index (χ0v) is 11.9. The minimum absolute atomic E-state index is 0.141. The molecule has 1 aliphatic rings. The van der Waals surface area contributed by atoms with E-state index >= 15 is 0 Å². The molecule has 6 nitrogen and oxygen atoms in total. The number of Topliss-reactive ketones (excluding diaryl/α,β-unsaturated/α-hetero) is 1. The van der Waals surface area contributed by atoms with E-state index in [4.69, 9.17) is 4.74 Å². The number of ether oxygens (including phenoxy) is 1. The average molecular weight is 293 g/mol. The van der Waals surface area contributed by atoms with Gasteiger partial charge >= 0.3 is 5.97 Å². The highest BCUT2D eigenvalue weighted by Gasteiger charge is 2.32. The van der Waals surface area contributed by atoms with Crippen molar-refractivity contribution in [2.24, 2.45) is 0 Å². The van der Waals surface area contributed by atoms with Crippen molar-refractivity contribution >= 4 is 11.8 Å². The Bertz CT molecular complexity index is 533. The number of benzene rings is 1. The second-order valence-electron chi connectivity index (χ2n) is 4.94. The number of nitrogens with zero attached hydrogens (tertiary/aromatic N) is 1. The van der Waals surface area contributed by atoms with Crippen LogP contribution < -0.4 is 4.74 Å². The highest BCUT2D eigenvalue weighted by molar-refractivity contribution is 5.81. The number of rotatable bonds is 5. The van der Waals surface area contributed by atoms with E-state index in [-0.39, 0.29) is 17.3 Å². The number of aromatic hydroxyl groups is 1. The Morgan fingerprint density at radius 1 is 1.38 bits per heavy atom. The number of aliphatic carboxylic acids is 1. The first-order valence-corrected chi connectivity index (χ1v) is 6.97. The summed E-state index contributed by atoms with van der Waals surface area (Å²) in [4.78, 5) is 24.6. The quantitative estimate of drug-likeness (QED) is 0.857. The van der Waals surface area contributed by atoms with E-state index in [9.17, 15) is 19.8 Å². The maximum atomic E-state index is 11.6. The van der Waals surface area contributed by atoms with Crippen molar-refractivity contribution in [3.8, 4) is 11.5 Å². The first-order valence-electron chi connectivity index (χ1n) is 6.97. The van der Waals surface area contributed by atoms with Crippen molar-refractivity contribution in [2.75, 3.05) is 19.7 Å². The summed E-state index contributed by atoms with van der Waals surface area (Å²) < 4.78 is 5.30. The molecule has 1 unspecified atom stereocenters. The molecule has 0 saturated carbocycles. The molecule has 6 heteroatoms. The number of hydrogen-bond acceptors (Lipinski definition) is 5. The highest BCUT2D eigenvalue weighted by atomic mass is 16.5. The van der Waals surface area contributed by atoms with Crippen LogP contribution in [0.5, 0.6) is 11.5 Å². The molecule has 1 heterocycles. The average Bonchev–Trinajstić information content (AvgIpc) is 2.45. The molecule has 0 amide bonds. The molecule has 114 valence electrons. The third kappa shape index (κ3) is 3.33. The van der Waals surface area contributed by atoms with Crippen LogP contribution >= 0.6 is 0 Å². The maximum Gasteiger partial charge on any atom is 0.325 e. The topological polar surface area (TPSA) is 87.1 Å².